The molecular weight excluding hydrogens is 398 g/mol. The lowest BCUT2D eigenvalue weighted by Crippen LogP contribution is -2.45. The fraction of sp³-hybridized carbons (Fsp3) is 0.350. The van der Waals surface area contributed by atoms with Gasteiger partial charge >= 0.3 is 5.97 Å². The van der Waals surface area contributed by atoms with E-state index >= 15 is 0 Å². The van der Waals surface area contributed by atoms with E-state index in [-0.39, 0.29) is 11.4 Å². The van der Waals surface area contributed by atoms with Gasteiger partial charge in [-0.25, -0.2) is 8.42 Å². The second kappa shape index (κ2) is 10.5. The van der Waals surface area contributed by atoms with Gasteiger partial charge in [0, 0.05) is 6.54 Å². The summed E-state index contributed by atoms with van der Waals surface area (Å²) in [6.45, 7) is 0.0571. The molecule has 0 aliphatic carbocycles. The second-order valence-electron chi connectivity index (χ2n) is 6.12. The van der Waals surface area contributed by atoms with Gasteiger partial charge in [-0.1, -0.05) is 30.3 Å². The molecule has 0 amide bonds. The first-order chi connectivity index (χ1) is 13.4. The molecule has 0 aromatic heterocycles. The van der Waals surface area contributed by atoms with E-state index in [2.05, 4.69) is 12.6 Å². The van der Waals surface area contributed by atoms with Crippen molar-refractivity contribution < 1.29 is 22.7 Å². The molecular formula is C20H25NO5S2. The molecule has 0 spiro atoms. The summed E-state index contributed by atoms with van der Waals surface area (Å²) in [4.78, 5) is 12.5. The zero-order valence-corrected chi connectivity index (χ0v) is 17.7. The number of carbonyl (C=O) groups excluding carboxylic acids is 1. The van der Waals surface area contributed by atoms with Gasteiger partial charge < -0.3 is 9.47 Å². The lowest BCUT2D eigenvalue weighted by Gasteiger charge is -2.29. The first-order valence-corrected chi connectivity index (χ1v) is 10.9. The molecule has 2 aromatic rings. The van der Waals surface area contributed by atoms with Crippen molar-refractivity contribution in [2.45, 2.75) is 30.3 Å². The molecule has 0 N–H and O–H groups in total. The lowest BCUT2D eigenvalue weighted by molar-refractivity contribution is -0.145. The van der Waals surface area contributed by atoms with E-state index in [1.807, 2.05) is 30.3 Å². The maximum Gasteiger partial charge on any atom is 0.324 e. The number of sulfonamides is 1. The van der Waals surface area contributed by atoms with Crippen LogP contribution in [0.25, 0.3) is 0 Å². The zero-order valence-electron chi connectivity index (χ0n) is 15.9. The molecule has 152 valence electrons. The minimum Gasteiger partial charge on any atom is -0.497 e. The van der Waals surface area contributed by atoms with Crippen molar-refractivity contribution in [3.8, 4) is 5.75 Å². The number of thiol groups is 1. The van der Waals surface area contributed by atoms with Crippen LogP contribution in [0, 0.1) is 0 Å². The molecule has 0 heterocycles. The first-order valence-electron chi connectivity index (χ1n) is 8.82. The number of hydrogen-bond acceptors (Lipinski definition) is 6. The molecule has 1 unspecified atom stereocenters. The normalized spacial score (nSPS) is 12.6. The number of rotatable bonds is 10. The van der Waals surface area contributed by atoms with Crippen LogP contribution in [0.1, 0.15) is 18.4 Å². The van der Waals surface area contributed by atoms with Gasteiger partial charge in [0.15, 0.2) is 0 Å². The van der Waals surface area contributed by atoms with Gasteiger partial charge in [0.05, 0.1) is 19.1 Å². The number of benzene rings is 2. The average Bonchev–Trinajstić information content (AvgIpc) is 2.73. The number of ether oxygens (including phenoxy) is 2. The Morgan fingerprint density at radius 1 is 1.07 bits per heavy atom. The molecule has 8 heteroatoms. The number of methoxy groups -OCH3 is 2. The summed E-state index contributed by atoms with van der Waals surface area (Å²) in [5.41, 5.74) is 0.777. The summed E-state index contributed by atoms with van der Waals surface area (Å²) in [5.74, 6) is 0.498. The van der Waals surface area contributed by atoms with Crippen molar-refractivity contribution >= 4 is 28.6 Å². The Balaban J connectivity index is 2.48. The highest BCUT2D eigenvalue weighted by molar-refractivity contribution is 7.89. The second-order valence-corrected chi connectivity index (χ2v) is 8.45. The average molecular weight is 424 g/mol. The Morgan fingerprint density at radius 3 is 2.25 bits per heavy atom. The van der Waals surface area contributed by atoms with Crippen molar-refractivity contribution in [3.05, 3.63) is 60.2 Å². The fourth-order valence-electron chi connectivity index (χ4n) is 2.81. The Hall–Kier alpha value is -2.03. The third-order valence-electron chi connectivity index (χ3n) is 4.30. The van der Waals surface area contributed by atoms with Crippen LogP contribution in [0.2, 0.25) is 0 Å². The molecule has 0 aliphatic heterocycles. The lowest BCUT2D eigenvalue weighted by atomic mass is 10.1. The molecule has 2 aromatic carbocycles. The van der Waals surface area contributed by atoms with E-state index in [1.54, 1.807) is 12.1 Å². The van der Waals surface area contributed by atoms with Crippen LogP contribution >= 0.6 is 12.6 Å². The largest absolute Gasteiger partial charge is 0.497 e. The van der Waals surface area contributed by atoms with E-state index in [0.717, 1.165) is 5.56 Å². The predicted molar refractivity (Wildman–Crippen MR) is 111 cm³/mol. The van der Waals surface area contributed by atoms with Gasteiger partial charge in [-0.2, -0.15) is 16.9 Å². The minimum absolute atomic E-state index is 0.0571. The van der Waals surface area contributed by atoms with Gasteiger partial charge in [0.1, 0.15) is 11.8 Å². The van der Waals surface area contributed by atoms with E-state index < -0.39 is 22.0 Å². The third-order valence-corrected chi connectivity index (χ3v) is 6.49. The molecule has 0 fully saturated rings. The van der Waals surface area contributed by atoms with E-state index in [4.69, 9.17) is 9.47 Å². The van der Waals surface area contributed by atoms with Crippen LogP contribution < -0.4 is 4.74 Å². The number of carbonyl (C=O) groups is 1. The quantitative estimate of drug-likeness (QED) is 0.470. The zero-order chi connectivity index (χ0) is 20.6. The van der Waals surface area contributed by atoms with Gasteiger partial charge in [-0.3, -0.25) is 4.79 Å². The highest BCUT2D eigenvalue weighted by atomic mass is 32.2. The number of esters is 1. The minimum atomic E-state index is -3.96. The summed E-state index contributed by atoms with van der Waals surface area (Å²) in [6.07, 6.45) is 0.894. The summed E-state index contributed by atoms with van der Waals surface area (Å²) in [5, 5.41) is 0. The van der Waals surface area contributed by atoms with Crippen molar-refractivity contribution in [2.24, 2.45) is 0 Å². The summed E-state index contributed by atoms with van der Waals surface area (Å²) in [7, 11) is -1.19. The maximum atomic E-state index is 13.4. The summed E-state index contributed by atoms with van der Waals surface area (Å²) >= 11 is 4.19. The van der Waals surface area contributed by atoms with Crippen molar-refractivity contribution in [1.82, 2.24) is 4.31 Å². The molecule has 0 radical (unpaired) electrons. The molecule has 0 bridgehead atoms. The monoisotopic (exact) mass is 423 g/mol. The maximum absolute atomic E-state index is 13.4. The molecule has 2 rings (SSSR count). The molecule has 0 aliphatic rings. The van der Waals surface area contributed by atoms with Crippen LogP contribution in [-0.2, 0) is 26.1 Å². The van der Waals surface area contributed by atoms with Crippen LogP contribution in [0.15, 0.2) is 59.5 Å². The van der Waals surface area contributed by atoms with Gasteiger partial charge in [0.25, 0.3) is 0 Å². The smallest absolute Gasteiger partial charge is 0.324 e. The van der Waals surface area contributed by atoms with Crippen molar-refractivity contribution in [3.63, 3.8) is 0 Å². The fourth-order valence-corrected chi connectivity index (χ4v) is 4.59. The molecule has 28 heavy (non-hydrogen) atoms. The number of hydrogen-bond donors (Lipinski definition) is 1. The third kappa shape index (κ3) is 5.50. The molecule has 0 saturated heterocycles. The van der Waals surface area contributed by atoms with E-state index in [0.29, 0.717) is 24.3 Å². The summed E-state index contributed by atoms with van der Waals surface area (Å²) < 4.78 is 38.1. The number of nitrogens with zero attached hydrogens (tertiary/aromatic N) is 1. The van der Waals surface area contributed by atoms with Crippen LogP contribution in [-0.4, -0.2) is 44.7 Å². The van der Waals surface area contributed by atoms with Gasteiger partial charge in [-0.15, -0.1) is 0 Å². The van der Waals surface area contributed by atoms with Gasteiger partial charge in [-0.05, 0) is 48.4 Å². The highest BCUT2D eigenvalue weighted by Crippen LogP contribution is 2.25. The van der Waals surface area contributed by atoms with Crippen LogP contribution in [0.4, 0.5) is 0 Å². The standard InChI is InChI=1S/C20H25NO5S2/c1-25-17-10-12-18(13-11-17)28(23,24)21(15-16-7-4-3-5-8-16)19(9-6-14-27)20(22)26-2/h3-5,7-8,10-13,19,27H,6,9,14-15H2,1-2H3. The molecule has 0 saturated carbocycles. The van der Waals surface area contributed by atoms with E-state index in [1.165, 1.54) is 30.7 Å². The first kappa shape index (κ1) is 22.3. The Morgan fingerprint density at radius 2 is 1.71 bits per heavy atom. The SMILES string of the molecule is COC(=O)C(CCCS)N(Cc1ccccc1)S(=O)(=O)c1ccc(OC)cc1. The Bertz CT molecular complexity index is 854. The highest BCUT2D eigenvalue weighted by Gasteiger charge is 2.36. The predicted octanol–water partition coefficient (Wildman–Crippen LogP) is 3.14. The topological polar surface area (TPSA) is 72.9 Å². The summed E-state index contributed by atoms with van der Waals surface area (Å²) in [6, 6.07) is 14.3. The molecule has 1 atom stereocenters. The Labute approximate surface area is 171 Å². The van der Waals surface area contributed by atoms with Crippen molar-refractivity contribution in [1.29, 1.82) is 0 Å². The van der Waals surface area contributed by atoms with Crippen molar-refractivity contribution in [2.75, 3.05) is 20.0 Å². The van der Waals surface area contributed by atoms with Gasteiger partial charge in [0.2, 0.25) is 10.0 Å². The van der Waals surface area contributed by atoms with Crippen LogP contribution in [0.5, 0.6) is 5.75 Å². The van der Waals surface area contributed by atoms with E-state index in [9.17, 15) is 13.2 Å². The Kier molecular flexibility index (Phi) is 8.35. The molecule has 6 nitrogen and oxygen atoms in total. The van der Waals surface area contributed by atoms with Crippen LogP contribution in [0.3, 0.4) is 0 Å².